The predicted octanol–water partition coefficient (Wildman–Crippen LogP) is 2.04. The molecular weight excluding hydrogens is 182 g/mol. The Balaban J connectivity index is 2.43. The predicted molar refractivity (Wildman–Crippen MR) is 49.6 cm³/mol. The molecule has 74 valence electrons. The van der Waals surface area contributed by atoms with Crippen molar-refractivity contribution >= 4 is 0 Å². The van der Waals surface area contributed by atoms with Gasteiger partial charge in [-0.05, 0) is 19.9 Å². The fourth-order valence-electron chi connectivity index (χ4n) is 1.40. The molecule has 0 saturated carbocycles. The molecule has 0 aliphatic rings. The zero-order chi connectivity index (χ0) is 10.1. The van der Waals surface area contributed by atoms with Crippen molar-refractivity contribution < 1.29 is 14.0 Å². The third-order valence-electron chi connectivity index (χ3n) is 2.03. The molecule has 2 heterocycles. The largest absolute Gasteiger partial charge is 0.466 e. The summed E-state index contributed by atoms with van der Waals surface area (Å²) in [6.07, 6.45) is 0. The molecule has 2 aromatic heterocycles. The van der Waals surface area contributed by atoms with E-state index in [9.17, 15) is 0 Å². The van der Waals surface area contributed by atoms with E-state index in [-0.39, 0.29) is 6.61 Å². The molecule has 0 amide bonds. The van der Waals surface area contributed by atoms with Crippen LogP contribution < -0.4 is 0 Å². The van der Waals surface area contributed by atoms with Gasteiger partial charge in [0.05, 0.1) is 0 Å². The number of nitrogens with zero attached hydrogens (tertiary/aromatic N) is 1. The van der Waals surface area contributed by atoms with Crippen LogP contribution in [0.25, 0.3) is 11.3 Å². The van der Waals surface area contributed by atoms with Gasteiger partial charge in [-0.3, -0.25) is 0 Å². The van der Waals surface area contributed by atoms with Crippen molar-refractivity contribution in [2.24, 2.45) is 0 Å². The van der Waals surface area contributed by atoms with Crippen LogP contribution in [0.1, 0.15) is 17.3 Å². The quantitative estimate of drug-likeness (QED) is 0.792. The highest BCUT2D eigenvalue weighted by atomic mass is 16.5. The molecule has 0 aliphatic heterocycles. The Kier molecular flexibility index (Phi) is 2.13. The minimum absolute atomic E-state index is 0.136. The minimum Gasteiger partial charge on any atom is -0.466 e. The van der Waals surface area contributed by atoms with Gasteiger partial charge in [-0.15, -0.1) is 0 Å². The summed E-state index contributed by atoms with van der Waals surface area (Å²) in [6, 6.07) is 3.60. The highest BCUT2D eigenvalue weighted by Crippen LogP contribution is 2.25. The van der Waals surface area contributed by atoms with Crippen LogP contribution in [-0.2, 0) is 6.61 Å². The van der Waals surface area contributed by atoms with Crippen LogP contribution in [0.3, 0.4) is 0 Å². The normalized spacial score (nSPS) is 10.8. The number of hydrogen-bond donors (Lipinski definition) is 1. The summed E-state index contributed by atoms with van der Waals surface area (Å²) in [5.41, 5.74) is 1.61. The first-order valence-corrected chi connectivity index (χ1v) is 4.34. The van der Waals surface area contributed by atoms with Crippen molar-refractivity contribution in [1.29, 1.82) is 0 Å². The standard InChI is InChI=1S/C10H11NO3/c1-6-3-9(7(2)13-6)10-4-8(5-12)14-11-10/h3-4,12H,5H2,1-2H3. The summed E-state index contributed by atoms with van der Waals surface area (Å²) in [6.45, 7) is 3.61. The summed E-state index contributed by atoms with van der Waals surface area (Å²) in [5.74, 6) is 2.10. The van der Waals surface area contributed by atoms with Crippen molar-refractivity contribution in [2.45, 2.75) is 20.5 Å². The fourth-order valence-corrected chi connectivity index (χ4v) is 1.40. The van der Waals surface area contributed by atoms with Crippen LogP contribution in [0, 0.1) is 13.8 Å². The van der Waals surface area contributed by atoms with Gasteiger partial charge in [0, 0.05) is 11.6 Å². The second-order valence-corrected chi connectivity index (χ2v) is 3.16. The number of aromatic nitrogens is 1. The number of furan rings is 1. The first-order chi connectivity index (χ1) is 6.70. The maximum absolute atomic E-state index is 8.82. The molecular formula is C10H11NO3. The van der Waals surface area contributed by atoms with E-state index in [2.05, 4.69) is 5.16 Å². The number of hydrogen-bond acceptors (Lipinski definition) is 4. The van der Waals surface area contributed by atoms with Crippen LogP contribution in [0.4, 0.5) is 0 Å². The van der Waals surface area contributed by atoms with Crippen LogP contribution in [-0.4, -0.2) is 10.3 Å². The SMILES string of the molecule is Cc1cc(-c2cc(CO)on2)c(C)o1. The fraction of sp³-hybridized carbons (Fsp3) is 0.300. The van der Waals surface area contributed by atoms with Crippen LogP contribution in [0.2, 0.25) is 0 Å². The summed E-state index contributed by atoms with van der Waals surface area (Å²) < 4.78 is 10.3. The molecule has 0 aliphatic carbocycles. The van der Waals surface area contributed by atoms with E-state index in [1.54, 1.807) is 6.07 Å². The summed E-state index contributed by atoms with van der Waals surface area (Å²) in [4.78, 5) is 0. The van der Waals surface area contributed by atoms with E-state index in [1.807, 2.05) is 19.9 Å². The van der Waals surface area contributed by atoms with Crippen molar-refractivity contribution in [3.05, 3.63) is 29.4 Å². The molecule has 1 N–H and O–H groups in total. The van der Waals surface area contributed by atoms with Crippen molar-refractivity contribution in [3.8, 4) is 11.3 Å². The van der Waals surface area contributed by atoms with Crippen LogP contribution >= 0.6 is 0 Å². The Bertz CT molecular complexity index is 442. The molecule has 0 radical (unpaired) electrons. The number of aryl methyl sites for hydroxylation is 2. The molecule has 2 rings (SSSR count). The van der Waals surface area contributed by atoms with Crippen molar-refractivity contribution in [1.82, 2.24) is 5.16 Å². The lowest BCUT2D eigenvalue weighted by Gasteiger charge is -1.88. The topological polar surface area (TPSA) is 59.4 Å². The van der Waals surface area contributed by atoms with Gasteiger partial charge in [-0.1, -0.05) is 5.16 Å². The molecule has 0 bridgehead atoms. The van der Waals surface area contributed by atoms with Gasteiger partial charge in [0.25, 0.3) is 0 Å². The van der Waals surface area contributed by atoms with Gasteiger partial charge in [0.2, 0.25) is 0 Å². The monoisotopic (exact) mass is 193 g/mol. The molecule has 0 atom stereocenters. The Morgan fingerprint density at radius 3 is 2.64 bits per heavy atom. The molecule has 0 saturated heterocycles. The Morgan fingerprint density at radius 1 is 1.36 bits per heavy atom. The second-order valence-electron chi connectivity index (χ2n) is 3.16. The molecule has 4 heteroatoms. The number of aliphatic hydroxyl groups is 1. The van der Waals surface area contributed by atoms with Gasteiger partial charge in [-0.25, -0.2) is 0 Å². The van der Waals surface area contributed by atoms with Gasteiger partial charge in [-0.2, -0.15) is 0 Å². The second kappa shape index (κ2) is 3.31. The molecule has 4 nitrogen and oxygen atoms in total. The highest BCUT2D eigenvalue weighted by Gasteiger charge is 2.11. The minimum atomic E-state index is -0.136. The van der Waals surface area contributed by atoms with E-state index in [4.69, 9.17) is 14.0 Å². The first-order valence-electron chi connectivity index (χ1n) is 4.34. The third kappa shape index (κ3) is 1.44. The zero-order valence-corrected chi connectivity index (χ0v) is 8.07. The van der Waals surface area contributed by atoms with Crippen molar-refractivity contribution in [2.75, 3.05) is 0 Å². The Labute approximate surface area is 81.1 Å². The average Bonchev–Trinajstić information content (AvgIpc) is 2.71. The van der Waals surface area contributed by atoms with E-state index in [0.717, 1.165) is 17.1 Å². The van der Waals surface area contributed by atoms with Crippen molar-refractivity contribution in [3.63, 3.8) is 0 Å². The van der Waals surface area contributed by atoms with Gasteiger partial charge in [0.1, 0.15) is 23.8 Å². The molecule has 2 aromatic rings. The van der Waals surface area contributed by atoms with Gasteiger partial charge >= 0.3 is 0 Å². The summed E-state index contributed by atoms with van der Waals surface area (Å²) in [5, 5.41) is 12.7. The van der Waals surface area contributed by atoms with Crippen LogP contribution in [0.5, 0.6) is 0 Å². The number of aliphatic hydroxyl groups excluding tert-OH is 1. The Hall–Kier alpha value is -1.55. The maximum atomic E-state index is 8.82. The third-order valence-corrected chi connectivity index (χ3v) is 2.03. The van der Waals surface area contributed by atoms with E-state index >= 15 is 0 Å². The van der Waals surface area contributed by atoms with E-state index in [1.165, 1.54) is 0 Å². The molecule has 0 fully saturated rings. The van der Waals surface area contributed by atoms with E-state index < -0.39 is 0 Å². The van der Waals surface area contributed by atoms with Gasteiger partial charge in [0.15, 0.2) is 5.76 Å². The highest BCUT2D eigenvalue weighted by molar-refractivity contribution is 5.61. The average molecular weight is 193 g/mol. The molecule has 0 unspecified atom stereocenters. The lowest BCUT2D eigenvalue weighted by molar-refractivity contribution is 0.229. The molecule has 0 aromatic carbocycles. The lowest BCUT2D eigenvalue weighted by atomic mass is 10.2. The first kappa shape index (κ1) is 9.02. The summed E-state index contributed by atoms with van der Waals surface area (Å²) >= 11 is 0. The lowest BCUT2D eigenvalue weighted by Crippen LogP contribution is -1.76. The number of rotatable bonds is 2. The smallest absolute Gasteiger partial charge is 0.162 e. The Morgan fingerprint density at radius 2 is 2.14 bits per heavy atom. The molecule has 14 heavy (non-hydrogen) atoms. The van der Waals surface area contributed by atoms with Crippen LogP contribution in [0.15, 0.2) is 21.1 Å². The maximum Gasteiger partial charge on any atom is 0.162 e. The van der Waals surface area contributed by atoms with Gasteiger partial charge < -0.3 is 14.0 Å². The zero-order valence-electron chi connectivity index (χ0n) is 8.07. The summed E-state index contributed by atoms with van der Waals surface area (Å²) in [7, 11) is 0. The molecule has 0 spiro atoms. The van der Waals surface area contributed by atoms with E-state index in [0.29, 0.717) is 11.5 Å².